The molecule has 108 valence electrons. The SMILES string of the molecule is COc1cc(C)c(C)cc1OC.COc1ccccc1. The van der Waals surface area contributed by atoms with Gasteiger partial charge in [-0.25, -0.2) is 0 Å². The molecule has 0 N–H and O–H groups in total. The van der Waals surface area contributed by atoms with Gasteiger partial charge in [0.15, 0.2) is 11.5 Å². The Morgan fingerprint density at radius 1 is 0.650 bits per heavy atom. The zero-order chi connectivity index (χ0) is 15.0. The number of para-hydroxylation sites is 1. The van der Waals surface area contributed by atoms with E-state index >= 15 is 0 Å². The van der Waals surface area contributed by atoms with Gasteiger partial charge in [-0.3, -0.25) is 0 Å². The summed E-state index contributed by atoms with van der Waals surface area (Å²) in [4.78, 5) is 0. The number of hydrogen-bond acceptors (Lipinski definition) is 3. The van der Waals surface area contributed by atoms with Crippen LogP contribution in [0.25, 0.3) is 0 Å². The summed E-state index contributed by atoms with van der Waals surface area (Å²) in [6.07, 6.45) is 0. The lowest BCUT2D eigenvalue weighted by Crippen LogP contribution is -1.92. The Labute approximate surface area is 121 Å². The first kappa shape index (κ1) is 15.9. The van der Waals surface area contributed by atoms with Gasteiger partial charge >= 0.3 is 0 Å². The van der Waals surface area contributed by atoms with Crippen LogP contribution >= 0.6 is 0 Å². The summed E-state index contributed by atoms with van der Waals surface area (Å²) in [6, 6.07) is 13.6. The standard InChI is InChI=1S/C10H14O2.C7H8O/c1-7-5-9(11-3)10(12-4)6-8(7)2;1-8-7-5-3-2-4-6-7/h5-6H,1-4H3;2-6H,1H3. The van der Waals surface area contributed by atoms with Crippen LogP contribution < -0.4 is 14.2 Å². The lowest BCUT2D eigenvalue weighted by atomic mass is 10.1. The summed E-state index contributed by atoms with van der Waals surface area (Å²) >= 11 is 0. The highest BCUT2D eigenvalue weighted by atomic mass is 16.5. The van der Waals surface area contributed by atoms with E-state index in [0.717, 1.165) is 17.2 Å². The topological polar surface area (TPSA) is 27.7 Å². The van der Waals surface area contributed by atoms with Gasteiger partial charge in [-0.05, 0) is 49.2 Å². The lowest BCUT2D eigenvalue weighted by molar-refractivity contribution is 0.354. The van der Waals surface area contributed by atoms with E-state index in [4.69, 9.17) is 14.2 Å². The zero-order valence-electron chi connectivity index (χ0n) is 12.8. The predicted molar refractivity (Wildman–Crippen MR) is 82.0 cm³/mol. The van der Waals surface area contributed by atoms with Crippen molar-refractivity contribution in [1.82, 2.24) is 0 Å². The quantitative estimate of drug-likeness (QED) is 0.846. The van der Waals surface area contributed by atoms with Crippen molar-refractivity contribution in [2.24, 2.45) is 0 Å². The molecule has 0 bridgehead atoms. The molecule has 0 aliphatic carbocycles. The van der Waals surface area contributed by atoms with E-state index in [0.29, 0.717) is 0 Å². The van der Waals surface area contributed by atoms with E-state index in [1.54, 1.807) is 21.3 Å². The molecule has 0 radical (unpaired) electrons. The van der Waals surface area contributed by atoms with Gasteiger partial charge in [0, 0.05) is 0 Å². The number of ether oxygens (including phenoxy) is 3. The molecular formula is C17H22O3. The number of aryl methyl sites for hydroxylation is 2. The fraction of sp³-hybridized carbons (Fsp3) is 0.294. The molecule has 20 heavy (non-hydrogen) atoms. The molecule has 0 aromatic heterocycles. The minimum atomic E-state index is 0.792. The second-order valence-corrected chi connectivity index (χ2v) is 4.31. The molecule has 0 unspecified atom stereocenters. The number of methoxy groups -OCH3 is 3. The smallest absolute Gasteiger partial charge is 0.160 e. The largest absolute Gasteiger partial charge is 0.497 e. The number of rotatable bonds is 3. The van der Waals surface area contributed by atoms with Crippen LogP contribution in [0.5, 0.6) is 17.2 Å². The summed E-state index contributed by atoms with van der Waals surface area (Å²) in [5.41, 5.74) is 2.43. The Hall–Kier alpha value is -2.16. The molecule has 0 saturated heterocycles. The molecule has 2 aromatic carbocycles. The predicted octanol–water partition coefficient (Wildman–Crippen LogP) is 4.02. The van der Waals surface area contributed by atoms with Crippen molar-refractivity contribution in [1.29, 1.82) is 0 Å². The molecule has 2 rings (SSSR count). The fourth-order valence-corrected chi connectivity index (χ4v) is 1.64. The van der Waals surface area contributed by atoms with Crippen molar-refractivity contribution >= 4 is 0 Å². The summed E-state index contributed by atoms with van der Waals surface area (Å²) in [7, 11) is 4.95. The monoisotopic (exact) mass is 274 g/mol. The van der Waals surface area contributed by atoms with Crippen LogP contribution in [0.3, 0.4) is 0 Å². The van der Waals surface area contributed by atoms with Gasteiger partial charge in [0.05, 0.1) is 21.3 Å². The van der Waals surface area contributed by atoms with Crippen LogP contribution in [-0.2, 0) is 0 Å². The van der Waals surface area contributed by atoms with Gasteiger partial charge in [-0.15, -0.1) is 0 Å². The minimum Gasteiger partial charge on any atom is -0.497 e. The summed E-state index contributed by atoms with van der Waals surface area (Å²) in [5.74, 6) is 2.49. The van der Waals surface area contributed by atoms with Gasteiger partial charge in [0.25, 0.3) is 0 Å². The van der Waals surface area contributed by atoms with Crippen LogP contribution in [0.15, 0.2) is 42.5 Å². The van der Waals surface area contributed by atoms with Crippen LogP contribution in [0.4, 0.5) is 0 Å². The molecule has 0 heterocycles. The van der Waals surface area contributed by atoms with Gasteiger partial charge < -0.3 is 14.2 Å². The number of hydrogen-bond donors (Lipinski definition) is 0. The lowest BCUT2D eigenvalue weighted by Gasteiger charge is -2.09. The van der Waals surface area contributed by atoms with Crippen LogP contribution in [0.2, 0.25) is 0 Å². The third-order valence-electron chi connectivity index (χ3n) is 2.98. The highest BCUT2D eigenvalue weighted by Crippen LogP contribution is 2.29. The first-order valence-corrected chi connectivity index (χ1v) is 6.40. The van der Waals surface area contributed by atoms with Crippen molar-refractivity contribution in [2.75, 3.05) is 21.3 Å². The molecule has 3 nitrogen and oxygen atoms in total. The maximum Gasteiger partial charge on any atom is 0.160 e. The van der Waals surface area contributed by atoms with Crippen molar-refractivity contribution < 1.29 is 14.2 Å². The number of benzene rings is 2. The van der Waals surface area contributed by atoms with E-state index in [2.05, 4.69) is 13.8 Å². The Bertz CT molecular complexity index is 492. The average Bonchev–Trinajstić information content (AvgIpc) is 2.51. The molecule has 0 aliphatic heterocycles. The molecule has 0 aliphatic rings. The molecule has 0 spiro atoms. The van der Waals surface area contributed by atoms with Crippen LogP contribution in [0.1, 0.15) is 11.1 Å². The summed E-state index contributed by atoms with van der Waals surface area (Å²) < 4.78 is 15.2. The highest BCUT2D eigenvalue weighted by Gasteiger charge is 2.04. The van der Waals surface area contributed by atoms with Gasteiger partial charge in [0.2, 0.25) is 0 Å². The average molecular weight is 274 g/mol. The second kappa shape index (κ2) is 8.10. The van der Waals surface area contributed by atoms with Gasteiger partial charge in [-0.1, -0.05) is 18.2 Å². The molecule has 2 aromatic rings. The first-order valence-electron chi connectivity index (χ1n) is 6.40. The van der Waals surface area contributed by atoms with Crippen molar-refractivity contribution in [3.63, 3.8) is 0 Å². The molecule has 0 fully saturated rings. The van der Waals surface area contributed by atoms with Crippen LogP contribution in [0, 0.1) is 13.8 Å². The van der Waals surface area contributed by atoms with E-state index in [-0.39, 0.29) is 0 Å². The molecule has 0 atom stereocenters. The van der Waals surface area contributed by atoms with Crippen molar-refractivity contribution in [3.8, 4) is 17.2 Å². The third-order valence-corrected chi connectivity index (χ3v) is 2.98. The summed E-state index contributed by atoms with van der Waals surface area (Å²) in [5, 5.41) is 0. The van der Waals surface area contributed by atoms with E-state index in [1.165, 1.54) is 11.1 Å². The first-order chi connectivity index (χ1) is 9.62. The van der Waals surface area contributed by atoms with Crippen molar-refractivity contribution in [2.45, 2.75) is 13.8 Å². The van der Waals surface area contributed by atoms with E-state index < -0.39 is 0 Å². The Balaban J connectivity index is 0.000000217. The van der Waals surface area contributed by atoms with Gasteiger partial charge in [0.1, 0.15) is 5.75 Å². The Morgan fingerprint density at radius 3 is 1.40 bits per heavy atom. The maximum absolute atomic E-state index is 5.15. The molecule has 3 heteroatoms. The molecule has 0 amide bonds. The Morgan fingerprint density at radius 2 is 1.10 bits per heavy atom. The third kappa shape index (κ3) is 4.50. The highest BCUT2D eigenvalue weighted by molar-refractivity contribution is 5.46. The fourth-order valence-electron chi connectivity index (χ4n) is 1.64. The second-order valence-electron chi connectivity index (χ2n) is 4.31. The van der Waals surface area contributed by atoms with E-state index in [1.807, 2.05) is 42.5 Å². The zero-order valence-corrected chi connectivity index (χ0v) is 12.8. The maximum atomic E-state index is 5.15. The minimum absolute atomic E-state index is 0.792. The molecular weight excluding hydrogens is 252 g/mol. The molecule has 0 saturated carbocycles. The normalized spacial score (nSPS) is 9.25. The van der Waals surface area contributed by atoms with Crippen molar-refractivity contribution in [3.05, 3.63) is 53.6 Å². The van der Waals surface area contributed by atoms with E-state index in [9.17, 15) is 0 Å². The van der Waals surface area contributed by atoms with Crippen LogP contribution in [-0.4, -0.2) is 21.3 Å². The van der Waals surface area contributed by atoms with Gasteiger partial charge in [-0.2, -0.15) is 0 Å². The Kier molecular flexibility index (Phi) is 6.44. The summed E-state index contributed by atoms with van der Waals surface area (Å²) in [6.45, 7) is 4.11.